The van der Waals surface area contributed by atoms with Gasteiger partial charge in [-0.15, -0.1) is 0 Å². The van der Waals surface area contributed by atoms with Crippen LogP contribution in [0.3, 0.4) is 0 Å². The van der Waals surface area contributed by atoms with Gasteiger partial charge in [-0.1, -0.05) is 24.3 Å². The fraction of sp³-hybridized carbons (Fsp3) is 0.294. The van der Waals surface area contributed by atoms with Crippen molar-refractivity contribution in [3.05, 3.63) is 59.4 Å². The topological polar surface area (TPSA) is 27.7 Å². The van der Waals surface area contributed by atoms with E-state index in [-0.39, 0.29) is 11.1 Å². The van der Waals surface area contributed by atoms with Gasteiger partial charge in [0.1, 0.15) is 17.5 Å². The lowest BCUT2D eigenvalue weighted by atomic mass is 10.0. The van der Waals surface area contributed by atoms with E-state index in [2.05, 4.69) is 0 Å². The molecule has 7 heteroatoms. The largest absolute Gasteiger partial charge is 0.376 e. The highest BCUT2D eigenvalue weighted by Crippen LogP contribution is 2.32. The fourth-order valence-electron chi connectivity index (χ4n) is 2.48. The lowest BCUT2D eigenvalue weighted by Crippen LogP contribution is -2.35. The van der Waals surface area contributed by atoms with Crippen LogP contribution in [0.15, 0.2) is 36.4 Å². The highest BCUT2D eigenvalue weighted by atomic mass is 28.2. The minimum absolute atomic E-state index is 0.281. The first-order valence-electron chi connectivity index (χ1n) is 7.56. The van der Waals surface area contributed by atoms with E-state index in [9.17, 15) is 13.2 Å². The Bertz CT molecular complexity index is 663. The Morgan fingerprint density at radius 1 is 0.917 bits per heavy atom. The van der Waals surface area contributed by atoms with Crippen LogP contribution in [0.25, 0.3) is 11.1 Å². The smallest absolute Gasteiger partial charge is 0.301 e. The molecule has 0 bridgehead atoms. The van der Waals surface area contributed by atoms with E-state index < -0.39 is 23.4 Å². The Morgan fingerprint density at radius 3 is 1.83 bits per heavy atom. The van der Waals surface area contributed by atoms with Gasteiger partial charge in [-0.3, -0.25) is 0 Å². The van der Waals surface area contributed by atoms with Crippen molar-refractivity contribution in [2.24, 2.45) is 0 Å². The highest BCUT2D eigenvalue weighted by Gasteiger charge is 2.33. The Balaban J connectivity index is 2.43. The predicted molar refractivity (Wildman–Crippen MR) is 87.7 cm³/mol. The second kappa shape index (κ2) is 7.93. The average Bonchev–Trinajstić information content (AvgIpc) is 2.54. The normalized spacial score (nSPS) is 11.9. The van der Waals surface area contributed by atoms with E-state index in [1.54, 1.807) is 12.1 Å². The SMILES string of the molecule is CCOC(O[SiH3])(OCC)c1ccc(-c2c(F)cc(F)cc2F)cc1. The summed E-state index contributed by atoms with van der Waals surface area (Å²) in [5, 5.41) is 0. The maximum absolute atomic E-state index is 13.9. The fourth-order valence-corrected chi connectivity index (χ4v) is 2.95. The molecule has 130 valence electrons. The summed E-state index contributed by atoms with van der Waals surface area (Å²) >= 11 is 0. The van der Waals surface area contributed by atoms with Crippen molar-refractivity contribution in [2.75, 3.05) is 13.2 Å². The van der Waals surface area contributed by atoms with Crippen molar-refractivity contribution >= 4 is 10.5 Å². The van der Waals surface area contributed by atoms with Crippen molar-refractivity contribution in [3.8, 4) is 11.1 Å². The lowest BCUT2D eigenvalue weighted by Gasteiger charge is -2.32. The molecule has 0 unspecified atom stereocenters. The van der Waals surface area contributed by atoms with E-state index in [1.807, 2.05) is 13.8 Å². The van der Waals surface area contributed by atoms with Crippen LogP contribution < -0.4 is 0 Å². The molecule has 2 rings (SSSR count). The number of halogens is 3. The first-order chi connectivity index (χ1) is 11.5. The van der Waals surface area contributed by atoms with Gasteiger partial charge in [0.25, 0.3) is 0 Å². The van der Waals surface area contributed by atoms with Gasteiger partial charge in [-0.05, 0) is 19.4 Å². The molecule has 0 saturated carbocycles. The zero-order chi connectivity index (χ0) is 17.7. The molecule has 24 heavy (non-hydrogen) atoms. The van der Waals surface area contributed by atoms with E-state index in [4.69, 9.17) is 13.9 Å². The van der Waals surface area contributed by atoms with Gasteiger partial charge in [0.15, 0.2) is 10.5 Å². The standard InChI is InChI=1S/C17H19F3O3Si/c1-3-21-17(23-24,22-4-2)12-7-5-11(6-8-12)16-14(19)9-13(18)10-15(16)20/h5-10H,3-4H2,1-2,24H3. The van der Waals surface area contributed by atoms with Crippen molar-refractivity contribution in [1.82, 2.24) is 0 Å². The van der Waals surface area contributed by atoms with E-state index >= 15 is 0 Å². The van der Waals surface area contributed by atoms with Gasteiger partial charge >= 0.3 is 5.97 Å². The average molecular weight is 356 g/mol. The molecule has 2 aromatic carbocycles. The first kappa shape index (κ1) is 18.7. The minimum Gasteiger partial charge on any atom is -0.376 e. The third-order valence-electron chi connectivity index (χ3n) is 3.47. The predicted octanol–water partition coefficient (Wildman–Crippen LogP) is 3.25. The van der Waals surface area contributed by atoms with Crippen LogP contribution in [-0.2, 0) is 19.9 Å². The van der Waals surface area contributed by atoms with Crippen molar-refractivity contribution < 1.29 is 27.1 Å². The molecular formula is C17H19F3O3Si. The molecular weight excluding hydrogens is 337 g/mol. The molecule has 0 radical (unpaired) electrons. The van der Waals surface area contributed by atoms with Crippen LogP contribution in [0.1, 0.15) is 19.4 Å². The summed E-state index contributed by atoms with van der Waals surface area (Å²) in [6.07, 6.45) is 0. The summed E-state index contributed by atoms with van der Waals surface area (Å²) in [4.78, 5) is 0. The van der Waals surface area contributed by atoms with Crippen LogP contribution in [0.2, 0.25) is 0 Å². The monoisotopic (exact) mass is 356 g/mol. The molecule has 3 nitrogen and oxygen atoms in total. The van der Waals surface area contributed by atoms with Crippen LogP contribution in [0.4, 0.5) is 13.2 Å². The van der Waals surface area contributed by atoms with Crippen LogP contribution >= 0.6 is 0 Å². The quantitative estimate of drug-likeness (QED) is 0.563. The van der Waals surface area contributed by atoms with Gasteiger partial charge in [0.2, 0.25) is 0 Å². The Morgan fingerprint density at radius 2 is 1.42 bits per heavy atom. The summed E-state index contributed by atoms with van der Waals surface area (Å²) in [5.41, 5.74) is 0.574. The maximum Gasteiger partial charge on any atom is 0.301 e. The molecule has 0 aromatic heterocycles. The van der Waals surface area contributed by atoms with Crippen molar-refractivity contribution in [2.45, 2.75) is 19.8 Å². The number of rotatable bonds is 7. The number of ether oxygens (including phenoxy) is 2. The van der Waals surface area contributed by atoms with Gasteiger partial charge in [0, 0.05) is 30.9 Å². The highest BCUT2D eigenvalue weighted by molar-refractivity contribution is 5.98. The summed E-state index contributed by atoms with van der Waals surface area (Å²) in [6.45, 7) is 4.36. The third kappa shape index (κ3) is 3.70. The number of hydrogen-bond donors (Lipinski definition) is 0. The summed E-state index contributed by atoms with van der Waals surface area (Å²) in [6, 6.07) is 7.56. The van der Waals surface area contributed by atoms with Gasteiger partial charge in [-0.2, -0.15) is 0 Å². The van der Waals surface area contributed by atoms with E-state index in [1.165, 1.54) is 12.1 Å². The molecule has 0 heterocycles. The second-order valence-corrected chi connectivity index (χ2v) is 5.36. The summed E-state index contributed by atoms with van der Waals surface area (Å²) in [7, 11) is 0.368. The number of benzene rings is 2. The van der Waals surface area contributed by atoms with E-state index in [0.29, 0.717) is 41.4 Å². The van der Waals surface area contributed by atoms with Crippen LogP contribution in [0, 0.1) is 17.5 Å². The summed E-state index contributed by atoms with van der Waals surface area (Å²) < 4.78 is 57.5. The molecule has 0 spiro atoms. The molecule has 0 atom stereocenters. The Hall–Kier alpha value is -1.67. The molecule has 0 aliphatic carbocycles. The summed E-state index contributed by atoms with van der Waals surface area (Å²) in [5.74, 6) is -4.20. The molecule has 0 saturated heterocycles. The molecule has 0 aliphatic heterocycles. The molecule has 0 amide bonds. The maximum atomic E-state index is 13.9. The Labute approximate surface area is 141 Å². The number of hydrogen-bond acceptors (Lipinski definition) is 3. The van der Waals surface area contributed by atoms with Gasteiger partial charge in [0.05, 0.1) is 5.56 Å². The molecule has 0 N–H and O–H groups in total. The molecule has 2 aromatic rings. The zero-order valence-electron chi connectivity index (χ0n) is 13.7. The van der Waals surface area contributed by atoms with Crippen LogP contribution in [-0.4, -0.2) is 23.7 Å². The zero-order valence-corrected chi connectivity index (χ0v) is 15.7. The molecule has 0 aliphatic rings. The van der Waals surface area contributed by atoms with Crippen molar-refractivity contribution in [1.29, 1.82) is 0 Å². The second-order valence-electron chi connectivity index (χ2n) is 4.95. The minimum atomic E-state index is -1.33. The van der Waals surface area contributed by atoms with Gasteiger partial charge in [-0.25, -0.2) is 13.2 Å². The van der Waals surface area contributed by atoms with Crippen molar-refractivity contribution in [3.63, 3.8) is 0 Å². The first-order valence-corrected chi connectivity index (χ1v) is 8.37. The van der Waals surface area contributed by atoms with E-state index in [0.717, 1.165) is 0 Å². The Kier molecular flexibility index (Phi) is 6.17. The molecule has 0 fully saturated rings. The van der Waals surface area contributed by atoms with Gasteiger partial charge < -0.3 is 13.9 Å². The lowest BCUT2D eigenvalue weighted by molar-refractivity contribution is -0.352. The van der Waals surface area contributed by atoms with Crippen LogP contribution in [0.5, 0.6) is 0 Å². The third-order valence-corrected chi connectivity index (χ3v) is 4.01.